The highest BCUT2D eigenvalue weighted by molar-refractivity contribution is 4.99. The molecular formula is C18H37N3. The lowest BCUT2D eigenvalue weighted by Crippen LogP contribution is -2.61. The summed E-state index contributed by atoms with van der Waals surface area (Å²) >= 11 is 0. The minimum Gasteiger partial charge on any atom is -0.329 e. The maximum Gasteiger partial charge on any atom is 0.0356 e. The van der Waals surface area contributed by atoms with Gasteiger partial charge in [-0.1, -0.05) is 33.6 Å². The number of hydrogen-bond donors (Lipinski definition) is 1. The molecule has 2 saturated heterocycles. The van der Waals surface area contributed by atoms with Gasteiger partial charge in [-0.2, -0.15) is 0 Å². The molecule has 0 spiro atoms. The van der Waals surface area contributed by atoms with E-state index >= 15 is 0 Å². The summed E-state index contributed by atoms with van der Waals surface area (Å²) in [5, 5.41) is 0. The molecule has 3 heteroatoms. The summed E-state index contributed by atoms with van der Waals surface area (Å²) < 4.78 is 0. The first-order chi connectivity index (χ1) is 10.1. The molecule has 0 aromatic rings. The van der Waals surface area contributed by atoms with Crippen LogP contribution in [0.3, 0.4) is 0 Å². The van der Waals surface area contributed by atoms with Gasteiger partial charge in [-0.15, -0.1) is 0 Å². The third-order valence-electron chi connectivity index (χ3n) is 6.70. The molecule has 2 aliphatic heterocycles. The second-order valence-electron chi connectivity index (χ2n) is 7.46. The fourth-order valence-corrected chi connectivity index (χ4v) is 4.57. The van der Waals surface area contributed by atoms with E-state index in [0.29, 0.717) is 11.0 Å². The van der Waals surface area contributed by atoms with Gasteiger partial charge in [-0.3, -0.25) is 4.90 Å². The van der Waals surface area contributed by atoms with Crippen molar-refractivity contribution in [2.24, 2.45) is 11.1 Å². The van der Waals surface area contributed by atoms with Crippen molar-refractivity contribution in [3.63, 3.8) is 0 Å². The van der Waals surface area contributed by atoms with Crippen molar-refractivity contribution >= 4 is 0 Å². The van der Waals surface area contributed by atoms with Gasteiger partial charge in [0.05, 0.1) is 0 Å². The Morgan fingerprint density at radius 1 is 0.857 bits per heavy atom. The largest absolute Gasteiger partial charge is 0.329 e. The summed E-state index contributed by atoms with van der Waals surface area (Å²) in [6.45, 7) is 14.2. The lowest BCUT2D eigenvalue weighted by atomic mass is 9.72. The predicted molar refractivity (Wildman–Crippen MR) is 91.6 cm³/mol. The fourth-order valence-electron chi connectivity index (χ4n) is 4.57. The van der Waals surface area contributed by atoms with E-state index in [9.17, 15) is 0 Å². The molecule has 2 fully saturated rings. The Balaban J connectivity index is 1.94. The van der Waals surface area contributed by atoms with Gasteiger partial charge in [0, 0.05) is 12.1 Å². The smallest absolute Gasteiger partial charge is 0.0356 e. The highest BCUT2D eigenvalue weighted by Crippen LogP contribution is 2.41. The van der Waals surface area contributed by atoms with Gasteiger partial charge in [-0.25, -0.2) is 0 Å². The van der Waals surface area contributed by atoms with Crippen molar-refractivity contribution in [2.75, 3.05) is 39.3 Å². The Hall–Kier alpha value is -0.120. The van der Waals surface area contributed by atoms with E-state index < -0.39 is 0 Å². The molecule has 21 heavy (non-hydrogen) atoms. The lowest BCUT2D eigenvalue weighted by molar-refractivity contribution is -0.0186. The van der Waals surface area contributed by atoms with E-state index in [1.807, 2.05) is 0 Å². The van der Waals surface area contributed by atoms with E-state index in [-0.39, 0.29) is 0 Å². The zero-order chi connectivity index (χ0) is 15.3. The summed E-state index contributed by atoms with van der Waals surface area (Å²) in [4.78, 5) is 5.39. The molecule has 0 aromatic carbocycles. The number of piperidine rings is 2. The van der Waals surface area contributed by atoms with Crippen molar-refractivity contribution in [1.82, 2.24) is 9.80 Å². The standard InChI is InChI=1S/C18H37N3/c1-4-11-20-12-9-18(16-19,10-13-20)21-14-7-17(5-2,6-3)8-15-21/h4-16,19H2,1-3H3. The van der Waals surface area contributed by atoms with Gasteiger partial charge in [0.1, 0.15) is 0 Å². The molecular weight excluding hydrogens is 258 g/mol. The molecule has 0 saturated carbocycles. The Morgan fingerprint density at radius 3 is 1.86 bits per heavy atom. The molecule has 3 nitrogen and oxygen atoms in total. The monoisotopic (exact) mass is 295 g/mol. The van der Waals surface area contributed by atoms with Gasteiger partial charge in [0.25, 0.3) is 0 Å². The third-order valence-corrected chi connectivity index (χ3v) is 6.70. The van der Waals surface area contributed by atoms with Gasteiger partial charge in [0.2, 0.25) is 0 Å². The maximum atomic E-state index is 6.26. The molecule has 2 rings (SSSR count). The maximum absolute atomic E-state index is 6.26. The highest BCUT2D eigenvalue weighted by atomic mass is 15.2. The quantitative estimate of drug-likeness (QED) is 0.817. The van der Waals surface area contributed by atoms with Crippen LogP contribution in [-0.4, -0.2) is 54.6 Å². The van der Waals surface area contributed by atoms with Crippen molar-refractivity contribution in [1.29, 1.82) is 0 Å². The van der Waals surface area contributed by atoms with Gasteiger partial charge >= 0.3 is 0 Å². The molecule has 0 atom stereocenters. The number of nitrogens with two attached hydrogens (primary N) is 1. The average molecular weight is 296 g/mol. The van der Waals surface area contributed by atoms with E-state index in [0.717, 1.165) is 6.54 Å². The van der Waals surface area contributed by atoms with Crippen LogP contribution in [0.25, 0.3) is 0 Å². The van der Waals surface area contributed by atoms with Gasteiger partial charge in [0.15, 0.2) is 0 Å². The zero-order valence-corrected chi connectivity index (χ0v) is 14.7. The Morgan fingerprint density at radius 2 is 1.43 bits per heavy atom. The first-order valence-corrected chi connectivity index (χ1v) is 9.31. The SMILES string of the molecule is CCCN1CCC(CN)(N2CCC(CC)(CC)CC2)CC1. The minimum atomic E-state index is 0.303. The van der Waals surface area contributed by atoms with Crippen LogP contribution >= 0.6 is 0 Å². The van der Waals surface area contributed by atoms with Crippen LogP contribution in [0.2, 0.25) is 0 Å². The van der Waals surface area contributed by atoms with E-state index in [2.05, 4.69) is 30.6 Å². The second-order valence-corrected chi connectivity index (χ2v) is 7.46. The molecule has 0 bridgehead atoms. The average Bonchev–Trinajstić information content (AvgIpc) is 2.56. The Bertz CT molecular complexity index is 294. The van der Waals surface area contributed by atoms with Gasteiger partial charge in [-0.05, 0) is 70.2 Å². The van der Waals surface area contributed by atoms with Crippen LogP contribution < -0.4 is 5.73 Å². The van der Waals surface area contributed by atoms with Crippen LogP contribution in [0.5, 0.6) is 0 Å². The minimum absolute atomic E-state index is 0.303. The normalized spacial score (nSPS) is 26.9. The predicted octanol–water partition coefficient (Wildman–Crippen LogP) is 3.09. The van der Waals surface area contributed by atoms with Crippen LogP contribution in [0.1, 0.15) is 65.7 Å². The van der Waals surface area contributed by atoms with Crippen LogP contribution in [0, 0.1) is 5.41 Å². The number of likely N-dealkylation sites (tertiary alicyclic amines) is 2. The van der Waals surface area contributed by atoms with Crippen molar-refractivity contribution in [3.05, 3.63) is 0 Å². The molecule has 0 unspecified atom stereocenters. The zero-order valence-electron chi connectivity index (χ0n) is 14.7. The summed E-state index contributed by atoms with van der Waals surface area (Å²) in [5.41, 5.74) is 7.18. The first kappa shape index (κ1) is 17.2. The van der Waals surface area contributed by atoms with Crippen LogP contribution in [0.15, 0.2) is 0 Å². The molecule has 0 amide bonds. The Labute approximate surface area is 132 Å². The summed E-state index contributed by atoms with van der Waals surface area (Å²) in [5.74, 6) is 0. The summed E-state index contributed by atoms with van der Waals surface area (Å²) in [6, 6.07) is 0. The fraction of sp³-hybridized carbons (Fsp3) is 1.00. The van der Waals surface area contributed by atoms with Gasteiger partial charge < -0.3 is 10.6 Å². The van der Waals surface area contributed by atoms with Crippen LogP contribution in [0.4, 0.5) is 0 Å². The number of nitrogens with zero attached hydrogens (tertiary/aromatic N) is 2. The molecule has 2 N–H and O–H groups in total. The summed E-state index contributed by atoms with van der Waals surface area (Å²) in [6.07, 6.45) is 9.26. The topological polar surface area (TPSA) is 32.5 Å². The molecule has 2 aliphatic rings. The highest BCUT2D eigenvalue weighted by Gasteiger charge is 2.42. The van der Waals surface area contributed by atoms with Crippen LogP contribution in [-0.2, 0) is 0 Å². The van der Waals surface area contributed by atoms with Crippen molar-refractivity contribution in [2.45, 2.75) is 71.3 Å². The van der Waals surface area contributed by atoms with E-state index in [1.165, 1.54) is 77.7 Å². The number of rotatable bonds is 6. The molecule has 0 aliphatic carbocycles. The second kappa shape index (κ2) is 7.43. The molecule has 0 radical (unpaired) electrons. The molecule has 124 valence electrons. The van der Waals surface area contributed by atoms with Crippen molar-refractivity contribution in [3.8, 4) is 0 Å². The van der Waals surface area contributed by atoms with E-state index in [1.54, 1.807) is 0 Å². The Kier molecular flexibility index (Phi) is 6.10. The lowest BCUT2D eigenvalue weighted by Gasteiger charge is -2.53. The number of hydrogen-bond acceptors (Lipinski definition) is 3. The first-order valence-electron chi connectivity index (χ1n) is 9.31. The van der Waals surface area contributed by atoms with Crippen molar-refractivity contribution < 1.29 is 0 Å². The third kappa shape index (κ3) is 3.62. The molecule has 2 heterocycles. The summed E-state index contributed by atoms with van der Waals surface area (Å²) in [7, 11) is 0. The van der Waals surface area contributed by atoms with E-state index in [4.69, 9.17) is 5.73 Å². The molecule has 0 aromatic heterocycles.